The van der Waals surface area contributed by atoms with Gasteiger partial charge in [-0.1, -0.05) is 30.3 Å². The Hall–Kier alpha value is -3.13. The zero-order valence-corrected chi connectivity index (χ0v) is 12.8. The SMILES string of the molecule is Cc1ccccc1CC(=O)NCC(=O)Nc1cccc(C#N)c1. The predicted molar refractivity (Wildman–Crippen MR) is 87.7 cm³/mol. The van der Waals surface area contributed by atoms with Gasteiger partial charge in [0.15, 0.2) is 0 Å². The summed E-state index contributed by atoms with van der Waals surface area (Å²) in [5.74, 6) is -0.543. The van der Waals surface area contributed by atoms with Gasteiger partial charge < -0.3 is 10.6 Å². The highest BCUT2D eigenvalue weighted by Crippen LogP contribution is 2.09. The van der Waals surface area contributed by atoms with Crippen molar-refractivity contribution in [2.24, 2.45) is 0 Å². The van der Waals surface area contributed by atoms with E-state index >= 15 is 0 Å². The van der Waals surface area contributed by atoms with Gasteiger partial charge >= 0.3 is 0 Å². The van der Waals surface area contributed by atoms with Crippen molar-refractivity contribution in [1.82, 2.24) is 5.32 Å². The normalized spacial score (nSPS) is 9.74. The van der Waals surface area contributed by atoms with Crippen LogP contribution in [0.1, 0.15) is 16.7 Å². The molecule has 0 heterocycles. The van der Waals surface area contributed by atoms with Crippen molar-refractivity contribution >= 4 is 17.5 Å². The fourth-order valence-electron chi connectivity index (χ4n) is 2.09. The van der Waals surface area contributed by atoms with Crippen molar-refractivity contribution in [2.45, 2.75) is 13.3 Å². The molecule has 0 saturated heterocycles. The number of nitrogens with zero attached hydrogens (tertiary/aromatic N) is 1. The molecule has 23 heavy (non-hydrogen) atoms. The molecule has 0 spiro atoms. The van der Waals surface area contributed by atoms with Gasteiger partial charge in [0.1, 0.15) is 0 Å². The van der Waals surface area contributed by atoms with Crippen LogP contribution in [0, 0.1) is 18.3 Å². The van der Waals surface area contributed by atoms with Crippen LogP contribution < -0.4 is 10.6 Å². The third-order valence-corrected chi connectivity index (χ3v) is 3.33. The molecule has 0 aliphatic rings. The van der Waals surface area contributed by atoms with Crippen LogP contribution in [0.25, 0.3) is 0 Å². The molecule has 116 valence electrons. The Kier molecular flexibility index (Phi) is 5.48. The van der Waals surface area contributed by atoms with E-state index < -0.39 is 0 Å². The quantitative estimate of drug-likeness (QED) is 0.888. The summed E-state index contributed by atoms with van der Waals surface area (Å²) in [6.45, 7) is 1.83. The molecule has 0 aliphatic heterocycles. The Morgan fingerprint density at radius 1 is 1.09 bits per heavy atom. The van der Waals surface area contributed by atoms with Crippen LogP contribution in [0.2, 0.25) is 0 Å². The van der Waals surface area contributed by atoms with Crippen LogP contribution in [0.15, 0.2) is 48.5 Å². The number of carbonyl (C=O) groups excluding carboxylic acids is 2. The monoisotopic (exact) mass is 307 g/mol. The zero-order chi connectivity index (χ0) is 16.7. The summed E-state index contributed by atoms with van der Waals surface area (Å²) < 4.78 is 0. The van der Waals surface area contributed by atoms with E-state index in [0.29, 0.717) is 11.3 Å². The van der Waals surface area contributed by atoms with Crippen LogP contribution in [-0.4, -0.2) is 18.4 Å². The van der Waals surface area contributed by atoms with Crippen molar-refractivity contribution in [3.8, 4) is 6.07 Å². The third kappa shape index (κ3) is 4.97. The van der Waals surface area contributed by atoms with Crippen molar-refractivity contribution in [3.05, 3.63) is 65.2 Å². The lowest BCUT2D eigenvalue weighted by Crippen LogP contribution is -2.33. The average Bonchev–Trinajstić information content (AvgIpc) is 2.55. The second-order valence-electron chi connectivity index (χ2n) is 5.12. The molecule has 0 aromatic heterocycles. The van der Waals surface area contributed by atoms with Gasteiger partial charge in [0.05, 0.1) is 24.6 Å². The highest BCUT2D eigenvalue weighted by Gasteiger charge is 2.08. The molecule has 2 aromatic rings. The Morgan fingerprint density at radius 2 is 1.87 bits per heavy atom. The van der Waals surface area contributed by atoms with E-state index in [1.54, 1.807) is 24.3 Å². The summed E-state index contributed by atoms with van der Waals surface area (Å²) >= 11 is 0. The van der Waals surface area contributed by atoms with Crippen molar-refractivity contribution < 1.29 is 9.59 Å². The molecule has 0 atom stereocenters. The number of aryl methyl sites for hydroxylation is 1. The molecule has 2 N–H and O–H groups in total. The maximum absolute atomic E-state index is 11.9. The number of nitriles is 1. The number of hydrogen-bond donors (Lipinski definition) is 2. The first-order valence-corrected chi connectivity index (χ1v) is 7.19. The summed E-state index contributed by atoms with van der Waals surface area (Å²) in [5.41, 5.74) is 2.97. The predicted octanol–water partition coefficient (Wildman–Crippen LogP) is 2.16. The number of nitrogens with one attached hydrogen (secondary N) is 2. The van der Waals surface area contributed by atoms with E-state index in [1.165, 1.54) is 0 Å². The molecule has 2 aromatic carbocycles. The summed E-state index contributed by atoms with van der Waals surface area (Å²) in [6, 6.07) is 16.2. The molecular formula is C18H17N3O2. The Morgan fingerprint density at radius 3 is 2.61 bits per heavy atom. The topological polar surface area (TPSA) is 82.0 Å². The largest absolute Gasteiger partial charge is 0.347 e. The second kappa shape index (κ2) is 7.76. The number of rotatable bonds is 5. The Bertz CT molecular complexity index is 763. The number of carbonyl (C=O) groups is 2. The first-order chi connectivity index (χ1) is 11.1. The lowest BCUT2D eigenvalue weighted by atomic mass is 10.1. The summed E-state index contributed by atoms with van der Waals surface area (Å²) in [6.07, 6.45) is 0.240. The number of benzene rings is 2. The highest BCUT2D eigenvalue weighted by molar-refractivity contribution is 5.94. The molecule has 5 heteroatoms. The standard InChI is InChI=1S/C18H17N3O2/c1-13-5-2-3-7-15(13)10-17(22)20-12-18(23)21-16-8-4-6-14(9-16)11-19/h2-9H,10,12H2,1H3,(H,20,22)(H,21,23). The van der Waals surface area contributed by atoms with E-state index in [4.69, 9.17) is 5.26 Å². The first kappa shape index (κ1) is 16.2. The molecule has 0 bridgehead atoms. The van der Waals surface area contributed by atoms with E-state index in [0.717, 1.165) is 11.1 Å². The molecule has 2 amide bonds. The minimum absolute atomic E-state index is 0.110. The number of hydrogen-bond acceptors (Lipinski definition) is 3. The molecule has 0 fully saturated rings. The smallest absolute Gasteiger partial charge is 0.243 e. The van der Waals surface area contributed by atoms with Gasteiger partial charge in [0, 0.05) is 5.69 Å². The molecule has 0 unspecified atom stereocenters. The van der Waals surface area contributed by atoms with Gasteiger partial charge in [0.25, 0.3) is 0 Å². The van der Waals surface area contributed by atoms with Crippen molar-refractivity contribution in [3.63, 3.8) is 0 Å². The third-order valence-electron chi connectivity index (χ3n) is 3.33. The van der Waals surface area contributed by atoms with Gasteiger partial charge in [-0.2, -0.15) is 5.26 Å². The van der Waals surface area contributed by atoms with Gasteiger partial charge in [-0.3, -0.25) is 9.59 Å². The molecule has 0 saturated carbocycles. The minimum atomic E-state index is -0.335. The second-order valence-corrected chi connectivity index (χ2v) is 5.12. The van der Waals surface area contributed by atoms with Gasteiger partial charge in [-0.15, -0.1) is 0 Å². The molecule has 0 radical (unpaired) electrons. The maximum atomic E-state index is 11.9. The highest BCUT2D eigenvalue weighted by atomic mass is 16.2. The summed E-state index contributed by atoms with van der Waals surface area (Å²) in [7, 11) is 0. The molecular weight excluding hydrogens is 290 g/mol. The lowest BCUT2D eigenvalue weighted by molar-refractivity contribution is -0.123. The Balaban J connectivity index is 1.83. The molecule has 0 aliphatic carbocycles. The Labute approximate surface area is 134 Å². The van der Waals surface area contributed by atoms with E-state index in [2.05, 4.69) is 10.6 Å². The van der Waals surface area contributed by atoms with Gasteiger partial charge in [-0.05, 0) is 36.2 Å². The lowest BCUT2D eigenvalue weighted by Gasteiger charge is -2.08. The van der Waals surface area contributed by atoms with Crippen molar-refractivity contribution in [1.29, 1.82) is 5.26 Å². The van der Waals surface area contributed by atoms with E-state index in [1.807, 2.05) is 37.3 Å². The van der Waals surface area contributed by atoms with E-state index in [-0.39, 0.29) is 24.8 Å². The van der Waals surface area contributed by atoms with Gasteiger partial charge in [0.2, 0.25) is 11.8 Å². The number of amides is 2. The number of anilines is 1. The van der Waals surface area contributed by atoms with Crippen LogP contribution in [-0.2, 0) is 16.0 Å². The molecule has 2 rings (SSSR count). The van der Waals surface area contributed by atoms with E-state index in [9.17, 15) is 9.59 Å². The minimum Gasteiger partial charge on any atom is -0.347 e. The zero-order valence-electron chi connectivity index (χ0n) is 12.8. The first-order valence-electron chi connectivity index (χ1n) is 7.19. The fraction of sp³-hybridized carbons (Fsp3) is 0.167. The summed E-state index contributed by atoms with van der Waals surface area (Å²) in [4.78, 5) is 23.7. The fourth-order valence-corrected chi connectivity index (χ4v) is 2.09. The summed E-state index contributed by atoms with van der Waals surface area (Å²) in [5, 5.41) is 14.0. The molecule has 5 nitrogen and oxygen atoms in total. The van der Waals surface area contributed by atoms with Crippen LogP contribution in [0.4, 0.5) is 5.69 Å². The van der Waals surface area contributed by atoms with Crippen LogP contribution >= 0.6 is 0 Å². The maximum Gasteiger partial charge on any atom is 0.243 e. The van der Waals surface area contributed by atoms with Gasteiger partial charge in [-0.25, -0.2) is 0 Å². The van der Waals surface area contributed by atoms with Crippen molar-refractivity contribution in [2.75, 3.05) is 11.9 Å². The van der Waals surface area contributed by atoms with Crippen LogP contribution in [0.5, 0.6) is 0 Å². The van der Waals surface area contributed by atoms with Crippen LogP contribution in [0.3, 0.4) is 0 Å². The average molecular weight is 307 g/mol.